The van der Waals surface area contributed by atoms with Crippen molar-refractivity contribution in [1.29, 1.82) is 0 Å². The van der Waals surface area contributed by atoms with E-state index in [-0.39, 0.29) is 35.7 Å². The van der Waals surface area contributed by atoms with Crippen LogP contribution in [0.3, 0.4) is 0 Å². The lowest BCUT2D eigenvalue weighted by molar-refractivity contribution is -0.152. The number of esters is 2. The van der Waals surface area contributed by atoms with E-state index in [1.54, 1.807) is 19.9 Å². The number of rotatable bonds is 2. The standard InChI is InChI=1S/C20H28O5/c1-6-10(2)18(21)24-14-9-20(5,23)13-8-7-11(3)15(13)17-16(14)12(4)19(22)25-17/h6-7,12-17,23H,8-9H2,1-5H3/b10-6-/t12-,13+,14+,15-,16-,17+,20+/m1/s1. The van der Waals surface area contributed by atoms with Gasteiger partial charge in [-0.25, -0.2) is 4.79 Å². The van der Waals surface area contributed by atoms with E-state index in [0.29, 0.717) is 12.0 Å². The molecule has 3 rings (SSSR count). The van der Waals surface area contributed by atoms with Crippen LogP contribution in [0.2, 0.25) is 0 Å². The summed E-state index contributed by atoms with van der Waals surface area (Å²) in [7, 11) is 0. The first-order chi connectivity index (χ1) is 11.7. The molecule has 1 saturated carbocycles. The van der Waals surface area contributed by atoms with Crippen molar-refractivity contribution in [2.45, 2.75) is 65.3 Å². The number of hydrogen-bond donors (Lipinski definition) is 1. The van der Waals surface area contributed by atoms with Crippen molar-refractivity contribution in [3.8, 4) is 0 Å². The average Bonchev–Trinajstić information content (AvgIpc) is 3.03. The minimum absolute atomic E-state index is 0.0135. The van der Waals surface area contributed by atoms with Crippen molar-refractivity contribution < 1.29 is 24.2 Å². The Morgan fingerprint density at radius 3 is 2.80 bits per heavy atom. The molecule has 1 heterocycles. The molecule has 138 valence electrons. The number of hydrogen-bond acceptors (Lipinski definition) is 5. The lowest BCUT2D eigenvalue weighted by Gasteiger charge is -2.34. The molecule has 3 aliphatic rings. The lowest BCUT2D eigenvalue weighted by Crippen LogP contribution is -2.40. The molecule has 1 N–H and O–H groups in total. The van der Waals surface area contributed by atoms with Gasteiger partial charge in [-0.15, -0.1) is 0 Å². The van der Waals surface area contributed by atoms with Crippen LogP contribution in [0.5, 0.6) is 0 Å². The third-order valence-electron chi connectivity index (χ3n) is 6.44. The van der Waals surface area contributed by atoms with Gasteiger partial charge in [-0.2, -0.15) is 0 Å². The Hall–Kier alpha value is -1.62. The van der Waals surface area contributed by atoms with Gasteiger partial charge >= 0.3 is 11.9 Å². The molecule has 0 spiro atoms. The molecular formula is C20H28O5. The normalized spacial score (nSPS) is 43.7. The fourth-order valence-corrected chi connectivity index (χ4v) is 4.81. The van der Waals surface area contributed by atoms with Crippen molar-refractivity contribution in [3.05, 3.63) is 23.3 Å². The van der Waals surface area contributed by atoms with Crippen molar-refractivity contribution in [3.63, 3.8) is 0 Å². The third kappa shape index (κ3) is 2.92. The fraction of sp³-hybridized carbons (Fsp3) is 0.700. The van der Waals surface area contributed by atoms with E-state index < -0.39 is 17.7 Å². The Kier molecular flexibility index (Phi) is 4.56. The van der Waals surface area contributed by atoms with Gasteiger partial charge < -0.3 is 14.6 Å². The van der Waals surface area contributed by atoms with Crippen LogP contribution in [-0.4, -0.2) is 34.9 Å². The number of carbonyl (C=O) groups is 2. The lowest BCUT2D eigenvalue weighted by atomic mass is 9.76. The van der Waals surface area contributed by atoms with Crippen LogP contribution in [0.4, 0.5) is 0 Å². The van der Waals surface area contributed by atoms with E-state index in [4.69, 9.17) is 9.47 Å². The van der Waals surface area contributed by atoms with E-state index in [0.717, 1.165) is 12.0 Å². The first-order valence-electron chi connectivity index (χ1n) is 9.10. The Morgan fingerprint density at radius 1 is 1.48 bits per heavy atom. The summed E-state index contributed by atoms with van der Waals surface area (Å²) in [4.78, 5) is 24.6. The maximum Gasteiger partial charge on any atom is 0.333 e. The van der Waals surface area contributed by atoms with Crippen LogP contribution in [-0.2, 0) is 19.1 Å². The first kappa shape index (κ1) is 18.2. The smallest absolute Gasteiger partial charge is 0.333 e. The van der Waals surface area contributed by atoms with Crippen LogP contribution in [0.1, 0.15) is 47.5 Å². The summed E-state index contributed by atoms with van der Waals surface area (Å²) >= 11 is 0. The molecule has 1 aliphatic heterocycles. The minimum Gasteiger partial charge on any atom is -0.461 e. The summed E-state index contributed by atoms with van der Waals surface area (Å²) in [5, 5.41) is 11.1. The second kappa shape index (κ2) is 6.27. The summed E-state index contributed by atoms with van der Waals surface area (Å²) in [6, 6.07) is 0. The van der Waals surface area contributed by atoms with Gasteiger partial charge in [0, 0.05) is 29.7 Å². The Morgan fingerprint density at radius 2 is 2.16 bits per heavy atom. The van der Waals surface area contributed by atoms with Gasteiger partial charge in [0.2, 0.25) is 0 Å². The van der Waals surface area contributed by atoms with Crippen molar-refractivity contribution in [1.82, 2.24) is 0 Å². The van der Waals surface area contributed by atoms with E-state index >= 15 is 0 Å². The fourth-order valence-electron chi connectivity index (χ4n) is 4.81. The number of aliphatic hydroxyl groups is 1. The molecule has 2 aliphatic carbocycles. The summed E-state index contributed by atoms with van der Waals surface area (Å²) in [6.45, 7) is 9.17. The Bertz CT molecular complexity index is 644. The Labute approximate surface area is 149 Å². The molecule has 5 nitrogen and oxygen atoms in total. The predicted octanol–water partition coefficient (Wildman–Crippen LogP) is 2.78. The molecule has 0 bridgehead atoms. The van der Waals surface area contributed by atoms with Gasteiger partial charge in [-0.3, -0.25) is 4.79 Å². The molecule has 0 aromatic rings. The number of carbonyl (C=O) groups excluding carboxylic acids is 2. The predicted molar refractivity (Wildman–Crippen MR) is 92.4 cm³/mol. The summed E-state index contributed by atoms with van der Waals surface area (Å²) < 4.78 is 11.5. The highest BCUT2D eigenvalue weighted by Gasteiger charge is 2.59. The molecule has 0 aromatic carbocycles. The maximum absolute atomic E-state index is 12.3. The molecule has 0 radical (unpaired) electrons. The summed E-state index contributed by atoms with van der Waals surface area (Å²) in [5.74, 6) is -1.25. The molecule has 0 unspecified atom stereocenters. The van der Waals surface area contributed by atoms with Crippen LogP contribution < -0.4 is 0 Å². The maximum atomic E-state index is 12.3. The van der Waals surface area contributed by atoms with E-state index in [1.807, 2.05) is 20.8 Å². The Balaban J connectivity index is 1.99. The van der Waals surface area contributed by atoms with Crippen molar-refractivity contribution in [2.24, 2.45) is 23.7 Å². The second-order valence-corrected chi connectivity index (χ2v) is 8.06. The zero-order chi connectivity index (χ0) is 18.5. The van der Waals surface area contributed by atoms with Crippen molar-refractivity contribution >= 4 is 11.9 Å². The van der Waals surface area contributed by atoms with Gasteiger partial charge in [0.25, 0.3) is 0 Å². The topological polar surface area (TPSA) is 72.8 Å². The summed E-state index contributed by atoms with van der Waals surface area (Å²) in [6.07, 6.45) is 4.03. The van der Waals surface area contributed by atoms with E-state index in [2.05, 4.69) is 6.08 Å². The highest BCUT2D eigenvalue weighted by atomic mass is 16.6. The molecule has 7 atom stereocenters. The molecular weight excluding hydrogens is 320 g/mol. The molecule has 0 amide bonds. The molecule has 5 heteroatoms. The van der Waals surface area contributed by atoms with Crippen LogP contribution in [0.15, 0.2) is 23.3 Å². The quantitative estimate of drug-likeness (QED) is 0.472. The molecule has 1 saturated heterocycles. The number of ether oxygens (including phenoxy) is 2. The van der Waals surface area contributed by atoms with Crippen LogP contribution in [0.25, 0.3) is 0 Å². The monoisotopic (exact) mass is 348 g/mol. The molecule has 2 fully saturated rings. The highest BCUT2D eigenvalue weighted by Crippen LogP contribution is 2.53. The first-order valence-corrected chi connectivity index (χ1v) is 9.10. The zero-order valence-electron chi connectivity index (χ0n) is 15.6. The van der Waals surface area contributed by atoms with Crippen LogP contribution >= 0.6 is 0 Å². The van der Waals surface area contributed by atoms with E-state index in [9.17, 15) is 14.7 Å². The van der Waals surface area contributed by atoms with Gasteiger partial charge in [-0.1, -0.05) is 24.6 Å². The highest BCUT2D eigenvalue weighted by molar-refractivity contribution is 5.87. The van der Waals surface area contributed by atoms with Gasteiger partial charge in [0.15, 0.2) is 0 Å². The SMILES string of the molecule is C/C=C(/C)C(=O)O[C@H]1C[C@](C)(O)[C@H]2CC=C(C)[C@H]2[C@@H]2OC(=O)[C@H](C)[C@@H]21. The van der Waals surface area contributed by atoms with Crippen LogP contribution in [0, 0.1) is 23.7 Å². The van der Waals surface area contributed by atoms with Gasteiger partial charge in [0.05, 0.1) is 11.5 Å². The van der Waals surface area contributed by atoms with Gasteiger partial charge in [0.1, 0.15) is 12.2 Å². The molecule has 25 heavy (non-hydrogen) atoms. The largest absolute Gasteiger partial charge is 0.461 e. The second-order valence-electron chi connectivity index (χ2n) is 8.06. The number of fused-ring (bicyclic) bond motifs is 3. The van der Waals surface area contributed by atoms with Crippen molar-refractivity contribution in [2.75, 3.05) is 0 Å². The zero-order valence-corrected chi connectivity index (χ0v) is 15.6. The summed E-state index contributed by atoms with van der Waals surface area (Å²) in [5.41, 5.74) is 0.692. The molecule has 0 aromatic heterocycles. The number of allylic oxidation sites excluding steroid dienone is 2. The average molecular weight is 348 g/mol. The van der Waals surface area contributed by atoms with Gasteiger partial charge in [-0.05, 0) is 34.1 Å². The third-order valence-corrected chi connectivity index (χ3v) is 6.44. The minimum atomic E-state index is -0.982. The van der Waals surface area contributed by atoms with E-state index in [1.165, 1.54) is 0 Å².